The molecule has 0 fully saturated rings. The van der Waals surface area contributed by atoms with Crippen LogP contribution in [-0.4, -0.2) is 25.8 Å². The Labute approximate surface area is 104 Å². The van der Waals surface area contributed by atoms with Crippen molar-refractivity contribution < 1.29 is 9.90 Å². The molecule has 0 aliphatic heterocycles. The maximum atomic E-state index is 11.8. The van der Waals surface area contributed by atoms with Crippen molar-refractivity contribution in [3.8, 4) is 5.75 Å². The van der Waals surface area contributed by atoms with Crippen molar-refractivity contribution in [2.24, 2.45) is 0 Å². The highest BCUT2D eigenvalue weighted by atomic mass is 16.3. The molecule has 2 aromatic heterocycles. The molecule has 6 nitrogen and oxygen atoms in total. The van der Waals surface area contributed by atoms with Crippen LogP contribution in [0.1, 0.15) is 30.2 Å². The number of pyridine rings is 1. The smallest absolute Gasteiger partial charge is 0.257 e. The number of hydrogen-bond acceptors (Lipinski definition) is 4. The molecule has 0 aromatic carbocycles. The Balaban J connectivity index is 2.11. The normalized spacial score (nSPS) is 10.6. The molecule has 0 unspecified atom stereocenters. The van der Waals surface area contributed by atoms with Gasteiger partial charge in [-0.25, -0.2) is 0 Å². The van der Waals surface area contributed by atoms with E-state index < -0.39 is 0 Å². The molecule has 6 heteroatoms. The van der Waals surface area contributed by atoms with Gasteiger partial charge in [-0.2, -0.15) is 5.10 Å². The van der Waals surface area contributed by atoms with Crippen LogP contribution in [-0.2, 0) is 0 Å². The predicted molar refractivity (Wildman–Crippen MR) is 66.5 cm³/mol. The summed E-state index contributed by atoms with van der Waals surface area (Å²) in [6, 6.07) is 1.59. The molecule has 0 spiro atoms. The van der Waals surface area contributed by atoms with Crippen molar-refractivity contribution in [1.29, 1.82) is 0 Å². The standard InChI is InChI=1S/C12H14N4O2/c1-8(2)16-7-10(5-14-16)15-12(18)9-3-11(17)6-13-4-9/h3-8,17H,1-2H3,(H,15,18). The highest BCUT2D eigenvalue weighted by Gasteiger charge is 2.09. The summed E-state index contributed by atoms with van der Waals surface area (Å²) in [6.45, 7) is 4.00. The molecule has 1 amide bonds. The lowest BCUT2D eigenvalue weighted by Crippen LogP contribution is -2.11. The molecule has 2 aromatic rings. The number of rotatable bonds is 3. The number of aromatic nitrogens is 3. The minimum atomic E-state index is -0.332. The van der Waals surface area contributed by atoms with Gasteiger partial charge in [0, 0.05) is 18.4 Å². The van der Waals surface area contributed by atoms with E-state index in [0.717, 1.165) is 0 Å². The van der Waals surface area contributed by atoms with Crippen molar-refractivity contribution >= 4 is 11.6 Å². The molecular formula is C12H14N4O2. The summed E-state index contributed by atoms with van der Waals surface area (Å²) < 4.78 is 1.75. The van der Waals surface area contributed by atoms with Gasteiger partial charge in [-0.05, 0) is 19.9 Å². The first-order valence-electron chi connectivity index (χ1n) is 5.56. The second-order valence-electron chi connectivity index (χ2n) is 4.19. The molecule has 0 aliphatic carbocycles. The van der Waals surface area contributed by atoms with Crippen LogP contribution in [0.15, 0.2) is 30.9 Å². The summed E-state index contributed by atoms with van der Waals surface area (Å²) in [7, 11) is 0. The Bertz CT molecular complexity index is 563. The van der Waals surface area contributed by atoms with Crippen LogP contribution in [0.25, 0.3) is 0 Å². The van der Waals surface area contributed by atoms with Crippen molar-refractivity contribution in [2.75, 3.05) is 5.32 Å². The lowest BCUT2D eigenvalue weighted by Gasteiger charge is -2.04. The van der Waals surface area contributed by atoms with Crippen molar-refractivity contribution in [3.63, 3.8) is 0 Å². The Morgan fingerprint density at radius 2 is 2.17 bits per heavy atom. The predicted octanol–water partition coefficient (Wildman–Crippen LogP) is 1.82. The third-order valence-electron chi connectivity index (χ3n) is 2.37. The van der Waals surface area contributed by atoms with Gasteiger partial charge < -0.3 is 10.4 Å². The second-order valence-corrected chi connectivity index (χ2v) is 4.19. The van der Waals surface area contributed by atoms with Crippen molar-refractivity contribution in [2.45, 2.75) is 19.9 Å². The highest BCUT2D eigenvalue weighted by molar-refractivity contribution is 6.04. The molecule has 2 heterocycles. The van der Waals surface area contributed by atoms with E-state index in [-0.39, 0.29) is 17.7 Å². The summed E-state index contributed by atoms with van der Waals surface area (Å²) in [4.78, 5) is 15.6. The maximum absolute atomic E-state index is 11.8. The highest BCUT2D eigenvalue weighted by Crippen LogP contribution is 2.13. The van der Waals surface area contributed by atoms with Gasteiger partial charge in [0.25, 0.3) is 5.91 Å². The third kappa shape index (κ3) is 2.65. The van der Waals surface area contributed by atoms with E-state index in [1.54, 1.807) is 17.1 Å². The summed E-state index contributed by atoms with van der Waals surface area (Å²) in [5, 5.41) is 16.1. The van der Waals surface area contributed by atoms with Crippen LogP contribution in [0.5, 0.6) is 5.75 Å². The number of anilines is 1. The largest absolute Gasteiger partial charge is 0.506 e. The molecule has 2 rings (SSSR count). The molecule has 0 atom stereocenters. The van der Waals surface area contributed by atoms with Crippen molar-refractivity contribution in [1.82, 2.24) is 14.8 Å². The average molecular weight is 246 g/mol. The summed E-state index contributed by atoms with van der Waals surface area (Å²) in [6.07, 6.45) is 5.99. The Morgan fingerprint density at radius 3 is 2.78 bits per heavy atom. The number of carbonyl (C=O) groups is 1. The van der Waals surface area contributed by atoms with E-state index >= 15 is 0 Å². The number of hydrogen-bond donors (Lipinski definition) is 2. The summed E-state index contributed by atoms with van der Waals surface area (Å²) >= 11 is 0. The van der Waals surface area contributed by atoms with E-state index in [1.807, 2.05) is 13.8 Å². The van der Waals surface area contributed by atoms with Crippen LogP contribution in [0.2, 0.25) is 0 Å². The topological polar surface area (TPSA) is 80.0 Å². The van der Waals surface area contributed by atoms with Crippen LogP contribution in [0, 0.1) is 0 Å². The van der Waals surface area contributed by atoms with Gasteiger partial charge in [0.15, 0.2) is 0 Å². The third-order valence-corrected chi connectivity index (χ3v) is 2.37. The fourth-order valence-corrected chi connectivity index (χ4v) is 1.44. The quantitative estimate of drug-likeness (QED) is 0.865. The minimum Gasteiger partial charge on any atom is -0.506 e. The van der Waals surface area contributed by atoms with Crippen LogP contribution < -0.4 is 5.32 Å². The number of amides is 1. The summed E-state index contributed by atoms with van der Waals surface area (Å²) in [5.41, 5.74) is 0.907. The van der Waals surface area contributed by atoms with Gasteiger partial charge in [0.2, 0.25) is 0 Å². The lowest BCUT2D eigenvalue weighted by molar-refractivity contribution is 0.102. The zero-order valence-electron chi connectivity index (χ0n) is 10.2. The Hall–Kier alpha value is -2.37. The number of nitrogens with one attached hydrogen (secondary N) is 1. The molecule has 0 aliphatic rings. The van der Waals surface area contributed by atoms with E-state index in [9.17, 15) is 9.90 Å². The molecule has 18 heavy (non-hydrogen) atoms. The number of nitrogens with zero attached hydrogens (tertiary/aromatic N) is 3. The van der Waals surface area contributed by atoms with Gasteiger partial charge in [-0.1, -0.05) is 0 Å². The maximum Gasteiger partial charge on any atom is 0.257 e. The molecular weight excluding hydrogens is 232 g/mol. The first-order valence-corrected chi connectivity index (χ1v) is 5.56. The number of carbonyl (C=O) groups excluding carboxylic acids is 1. The fraction of sp³-hybridized carbons (Fsp3) is 0.250. The number of aromatic hydroxyl groups is 1. The zero-order valence-corrected chi connectivity index (χ0v) is 10.2. The van der Waals surface area contributed by atoms with Gasteiger partial charge in [0.1, 0.15) is 5.75 Å². The van der Waals surface area contributed by atoms with Crippen LogP contribution in [0.3, 0.4) is 0 Å². The first-order chi connectivity index (χ1) is 8.56. The van der Waals surface area contributed by atoms with E-state index in [4.69, 9.17) is 0 Å². The molecule has 2 N–H and O–H groups in total. The van der Waals surface area contributed by atoms with E-state index in [1.165, 1.54) is 18.5 Å². The van der Waals surface area contributed by atoms with Gasteiger partial charge in [-0.15, -0.1) is 0 Å². The molecule has 0 bridgehead atoms. The fourth-order valence-electron chi connectivity index (χ4n) is 1.44. The molecule has 0 saturated carbocycles. The monoisotopic (exact) mass is 246 g/mol. The summed E-state index contributed by atoms with van der Waals surface area (Å²) in [5.74, 6) is -0.373. The van der Waals surface area contributed by atoms with Gasteiger partial charge in [0.05, 0.1) is 23.6 Å². The molecule has 0 saturated heterocycles. The zero-order chi connectivity index (χ0) is 13.1. The first kappa shape index (κ1) is 12.1. The van der Waals surface area contributed by atoms with E-state index in [0.29, 0.717) is 11.3 Å². The average Bonchev–Trinajstić information content (AvgIpc) is 2.77. The van der Waals surface area contributed by atoms with Crippen LogP contribution >= 0.6 is 0 Å². The Kier molecular flexibility index (Phi) is 3.27. The second kappa shape index (κ2) is 4.87. The molecule has 94 valence electrons. The molecule has 0 radical (unpaired) electrons. The minimum absolute atomic E-state index is 0.0412. The van der Waals surface area contributed by atoms with E-state index in [2.05, 4.69) is 15.4 Å². The van der Waals surface area contributed by atoms with Crippen LogP contribution in [0.4, 0.5) is 5.69 Å². The SMILES string of the molecule is CC(C)n1cc(NC(=O)c2cncc(O)c2)cn1. The lowest BCUT2D eigenvalue weighted by atomic mass is 10.2. The Morgan fingerprint density at radius 1 is 1.39 bits per heavy atom. The van der Waals surface area contributed by atoms with Gasteiger partial charge >= 0.3 is 0 Å². The van der Waals surface area contributed by atoms with Crippen molar-refractivity contribution in [3.05, 3.63) is 36.4 Å². The van der Waals surface area contributed by atoms with Gasteiger partial charge in [-0.3, -0.25) is 14.5 Å².